The maximum atomic E-state index is 13.0. The third-order valence-corrected chi connectivity index (χ3v) is 6.70. The molecule has 13 nitrogen and oxygen atoms in total. The molecule has 1 saturated heterocycles. The average molecular weight is 582 g/mol. The summed E-state index contributed by atoms with van der Waals surface area (Å²) in [5, 5.41) is 54.2. The van der Waals surface area contributed by atoms with Gasteiger partial charge in [-0.2, -0.15) is 0 Å². The molecule has 5 atom stereocenters. The number of fused-ring (bicyclic) bond motifs is 1. The number of phenols is 2. The van der Waals surface area contributed by atoms with Crippen molar-refractivity contribution < 1.29 is 53.7 Å². The highest BCUT2D eigenvalue weighted by molar-refractivity contribution is 5.95. The van der Waals surface area contributed by atoms with Crippen LogP contribution in [0.1, 0.15) is 0 Å². The maximum absolute atomic E-state index is 13.0. The van der Waals surface area contributed by atoms with Crippen molar-refractivity contribution in [2.45, 2.75) is 30.7 Å². The summed E-state index contributed by atoms with van der Waals surface area (Å²) in [6.45, 7) is 0. The van der Waals surface area contributed by atoms with Gasteiger partial charge in [0.25, 0.3) is 5.91 Å². The van der Waals surface area contributed by atoms with Gasteiger partial charge in [-0.05, 0) is 48.5 Å². The van der Waals surface area contributed by atoms with Crippen LogP contribution >= 0.6 is 0 Å². The summed E-state index contributed by atoms with van der Waals surface area (Å²) >= 11 is 0. The van der Waals surface area contributed by atoms with Crippen molar-refractivity contribution in [2.75, 3.05) is 19.5 Å². The Bertz CT molecular complexity index is 1650. The second kappa shape index (κ2) is 11.6. The number of anilines is 1. The summed E-state index contributed by atoms with van der Waals surface area (Å²) < 4.78 is 27.6. The van der Waals surface area contributed by atoms with Gasteiger partial charge in [0.15, 0.2) is 23.0 Å². The molecule has 5 unspecified atom stereocenters. The number of benzene rings is 3. The lowest BCUT2D eigenvalue weighted by Crippen LogP contribution is -2.62. The van der Waals surface area contributed by atoms with Crippen LogP contribution in [-0.2, 0) is 9.53 Å². The number of aliphatic hydroxyl groups excluding tert-OH is 3. The fourth-order valence-corrected chi connectivity index (χ4v) is 4.49. The summed E-state index contributed by atoms with van der Waals surface area (Å²) in [4.78, 5) is 25.9. The molecule has 1 aromatic heterocycles. The number of hydrogen-bond acceptors (Lipinski definition) is 12. The minimum absolute atomic E-state index is 0.0338. The molecule has 2 heterocycles. The van der Waals surface area contributed by atoms with Crippen molar-refractivity contribution in [3.05, 3.63) is 70.9 Å². The van der Waals surface area contributed by atoms with Gasteiger partial charge in [0.2, 0.25) is 12.0 Å². The number of hydrogen-bond donors (Lipinski definition) is 6. The van der Waals surface area contributed by atoms with Gasteiger partial charge in [-0.1, -0.05) is 0 Å². The zero-order chi connectivity index (χ0) is 30.1. The topological polar surface area (TPSA) is 197 Å². The molecule has 0 spiro atoms. The first-order valence-corrected chi connectivity index (χ1v) is 12.6. The van der Waals surface area contributed by atoms with E-state index in [-0.39, 0.29) is 39.7 Å². The molecule has 6 N–H and O–H groups in total. The molecular weight excluding hydrogens is 554 g/mol. The highest BCUT2D eigenvalue weighted by atomic mass is 16.7. The predicted molar refractivity (Wildman–Crippen MR) is 147 cm³/mol. The maximum Gasteiger partial charge on any atom is 0.256 e. The van der Waals surface area contributed by atoms with Gasteiger partial charge in [-0.15, -0.1) is 0 Å². The Morgan fingerprint density at radius 3 is 2.21 bits per heavy atom. The van der Waals surface area contributed by atoms with Crippen LogP contribution in [-0.4, -0.2) is 76.4 Å². The van der Waals surface area contributed by atoms with Crippen molar-refractivity contribution in [3.63, 3.8) is 0 Å². The molecule has 1 aliphatic heterocycles. The van der Waals surface area contributed by atoms with Crippen molar-refractivity contribution in [2.24, 2.45) is 0 Å². The van der Waals surface area contributed by atoms with Crippen LogP contribution in [0.15, 0.2) is 69.9 Å². The zero-order valence-corrected chi connectivity index (χ0v) is 22.3. The van der Waals surface area contributed by atoms with E-state index < -0.39 is 47.8 Å². The number of aromatic hydroxyl groups is 2. The number of methoxy groups -OCH3 is 2. The minimum Gasteiger partial charge on any atom is -0.508 e. The van der Waals surface area contributed by atoms with Crippen LogP contribution in [0.3, 0.4) is 0 Å². The summed E-state index contributed by atoms with van der Waals surface area (Å²) in [6.07, 6.45) is -9.02. The molecule has 0 aliphatic carbocycles. The average Bonchev–Trinajstić information content (AvgIpc) is 2.98. The van der Waals surface area contributed by atoms with Crippen LogP contribution < -0.4 is 25.0 Å². The van der Waals surface area contributed by atoms with Gasteiger partial charge in [-0.25, -0.2) is 0 Å². The van der Waals surface area contributed by atoms with Gasteiger partial charge in [0.05, 0.1) is 14.2 Å². The van der Waals surface area contributed by atoms with Crippen molar-refractivity contribution >= 4 is 22.6 Å². The molecule has 1 fully saturated rings. The summed E-state index contributed by atoms with van der Waals surface area (Å²) in [7, 11) is 2.71. The Kier molecular flexibility index (Phi) is 7.91. The highest BCUT2D eigenvalue weighted by Gasteiger charge is 2.48. The highest BCUT2D eigenvalue weighted by Crippen LogP contribution is 2.43. The van der Waals surface area contributed by atoms with Crippen molar-refractivity contribution in [1.82, 2.24) is 0 Å². The molecule has 5 rings (SSSR count). The van der Waals surface area contributed by atoms with Crippen LogP contribution in [0, 0.1) is 0 Å². The van der Waals surface area contributed by atoms with Crippen molar-refractivity contribution in [3.8, 4) is 40.1 Å². The van der Waals surface area contributed by atoms with Crippen LogP contribution in [0.25, 0.3) is 22.3 Å². The van der Waals surface area contributed by atoms with Gasteiger partial charge >= 0.3 is 0 Å². The third-order valence-electron chi connectivity index (χ3n) is 6.70. The third kappa shape index (κ3) is 5.41. The predicted octanol–water partition coefficient (Wildman–Crippen LogP) is 1.71. The van der Waals surface area contributed by atoms with Gasteiger partial charge in [0, 0.05) is 23.4 Å². The second-order valence-corrected chi connectivity index (χ2v) is 9.38. The summed E-state index contributed by atoms with van der Waals surface area (Å²) in [5.74, 6) is -1.34. The van der Waals surface area contributed by atoms with E-state index in [1.165, 1.54) is 50.6 Å². The fourth-order valence-electron chi connectivity index (χ4n) is 4.49. The minimum atomic E-state index is -1.88. The molecule has 0 radical (unpaired) electrons. The van der Waals surface area contributed by atoms with E-state index in [1.807, 2.05) is 0 Å². The Morgan fingerprint density at radius 2 is 1.57 bits per heavy atom. The van der Waals surface area contributed by atoms with E-state index >= 15 is 0 Å². The lowest BCUT2D eigenvalue weighted by atomic mass is 9.98. The quantitative estimate of drug-likeness (QED) is 0.173. The molecule has 1 aliphatic rings. The zero-order valence-electron chi connectivity index (χ0n) is 22.3. The van der Waals surface area contributed by atoms with Gasteiger partial charge in [0.1, 0.15) is 46.5 Å². The SMILES string of the molecule is COc1ccc(-c2cc(=O)c3c(O)c(OC)c(OC4OC(C(=O)Nc5ccc(O)cc5)C(O)C(O)C4O)cc3o2)cc1. The van der Waals surface area contributed by atoms with Crippen LogP contribution in [0.5, 0.6) is 28.7 Å². The Labute approximate surface area is 237 Å². The van der Waals surface area contributed by atoms with E-state index in [0.717, 1.165) is 0 Å². The molecule has 13 heteroatoms. The number of amides is 1. The van der Waals surface area contributed by atoms with E-state index in [2.05, 4.69) is 5.32 Å². The number of carbonyl (C=O) groups is 1. The first kappa shape index (κ1) is 28.7. The largest absolute Gasteiger partial charge is 0.508 e. The number of rotatable bonds is 7. The standard InChI is InChI=1S/C29H27NO12/c1-38-16-9-3-13(4-10-16)18-11-17(32)21-19(40-18)12-20(26(39-2)22(21)33)41-29-25(36)23(34)24(35)27(42-29)28(37)30-14-5-7-15(31)8-6-14/h3-12,23-25,27,29,31,33-36H,1-2H3,(H,30,37). The molecule has 1 amide bonds. The molecule has 0 saturated carbocycles. The normalized spacial score (nSPS) is 22.0. The van der Waals surface area contributed by atoms with E-state index in [1.54, 1.807) is 24.3 Å². The summed E-state index contributed by atoms with van der Waals surface area (Å²) in [6, 6.07) is 14.6. The molecular formula is C29H27NO12. The number of aliphatic hydroxyl groups is 3. The molecule has 42 heavy (non-hydrogen) atoms. The van der Waals surface area contributed by atoms with Gasteiger partial charge < -0.3 is 54.2 Å². The molecule has 220 valence electrons. The molecule has 4 aromatic rings. The second-order valence-electron chi connectivity index (χ2n) is 9.38. The number of carbonyl (C=O) groups excluding carboxylic acids is 1. The number of phenolic OH excluding ortho intramolecular Hbond substituents is 2. The monoisotopic (exact) mass is 581 g/mol. The Morgan fingerprint density at radius 1 is 0.881 bits per heavy atom. The van der Waals surface area contributed by atoms with E-state index in [9.17, 15) is 35.1 Å². The van der Waals surface area contributed by atoms with E-state index in [4.69, 9.17) is 23.4 Å². The first-order chi connectivity index (χ1) is 20.1. The number of nitrogens with one attached hydrogen (secondary N) is 1. The Hall–Kier alpha value is -4.82. The van der Waals surface area contributed by atoms with Crippen molar-refractivity contribution in [1.29, 1.82) is 0 Å². The van der Waals surface area contributed by atoms with Crippen LogP contribution in [0.2, 0.25) is 0 Å². The van der Waals surface area contributed by atoms with E-state index in [0.29, 0.717) is 11.3 Å². The lowest BCUT2D eigenvalue weighted by molar-refractivity contribution is -0.265. The first-order valence-electron chi connectivity index (χ1n) is 12.6. The van der Waals surface area contributed by atoms with Crippen LogP contribution in [0.4, 0.5) is 5.69 Å². The Balaban J connectivity index is 1.48. The fraction of sp³-hybridized carbons (Fsp3) is 0.241. The lowest BCUT2D eigenvalue weighted by Gasteiger charge is -2.39. The molecule has 3 aromatic carbocycles. The summed E-state index contributed by atoms with van der Waals surface area (Å²) in [5.41, 5.74) is 0.116. The number of ether oxygens (including phenoxy) is 4. The smallest absolute Gasteiger partial charge is 0.256 e. The van der Waals surface area contributed by atoms with Gasteiger partial charge in [-0.3, -0.25) is 9.59 Å². The molecule has 0 bridgehead atoms.